The molecule has 0 spiro atoms. The van der Waals surface area contributed by atoms with Crippen LogP contribution >= 0.6 is 0 Å². The number of anilines is 3. The van der Waals surface area contributed by atoms with E-state index in [0.29, 0.717) is 0 Å². The maximum absolute atomic E-state index is 6.91. The summed E-state index contributed by atoms with van der Waals surface area (Å²) in [6.45, 7) is 0. The molecule has 0 atom stereocenters. The first-order valence-corrected chi connectivity index (χ1v) is 21.5. The lowest BCUT2D eigenvalue weighted by Crippen LogP contribution is -2.10. The Morgan fingerprint density at radius 2 is 0.841 bits per heavy atom. The fourth-order valence-corrected chi connectivity index (χ4v) is 9.92. The molecule has 0 saturated carbocycles. The Kier molecular flexibility index (Phi) is 7.91. The van der Waals surface area contributed by atoms with Gasteiger partial charge in [-0.05, 0) is 91.5 Å². The molecule has 0 aliphatic rings. The van der Waals surface area contributed by atoms with E-state index in [2.05, 4.69) is 223 Å². The molecule has 0 N–H and O–H groups in total. The molecule has 0 aliphatic carbocycles. The van der Waals surface area contributed by atoms with Crippen LogP contribution in [0.5, 0.6) is 0 Å². The topological polar surface area (TPSA) is 29.5 Å². The summed E-state index contributed by atoms with van der Waals surface area (Å²) < 4.78 is 13.8. The highest BCUT2D eigenvalue weighted by Crippen LogP contribution is 2.48. The molecular formula is C60H37NO2. The van der Waals surface area contributed by atoms with Gasteiger partial charge in [0.25, 0.3) is 0 Å². The molecule has 0 amide bonds. The third-order valence-corrected chi connectivity index (χ3v) is 12.9. The second-order valence-electron chi connectivity index (χ2n) is 16.4. The monoisotopic (exact) mass is 803 g/mol. The van der Waals surface area contributed by atoms with Gasteiger partial charge in [0.15, 0.2) is 0 Å². The Morgan fingerprint density at radius 3 is 1.62 bits per heavy atom. The lowest BCUT2D eigenvalue weighted by molar-refractivity contribution is 0.670. The first-order chi connectivity index (χ1) is 31.2. The quantitative estimate of drug-likeness (QED) is 0.157. The fraction of sp³-hybridized carbons (Fsp3) is 0. The van der Waals surface area contributed by atoms with Gasteiger partial charge in [0.1, 0.15) is 22.3 Å². The van der Waals surface area contributed by atoms with Crippen LogP contribution in [0.4, 0.5) is 17.1 Å². The van der Waals surface area contributed by atoms with Gasteiger partial charge in [-0.2, -0.15) is 0 Å². The van der Waals surface area contributed by atoms with Crippen molar-refractivity contribution in [1.82, 2.24) is 0 Å². The number of hydrogen-bond acceptors (Lipinski definition) is 3. The zero-order chi connectivity index (χ0) is 41.4. The summed E-state index contributed by atoms with van der Waals surface area (Å²) in [6.07, 6.45) is 0. The first-order valence-electron chi connectivity index (χ1n) is 21.5. The third kappa shape index (κ3) is 5.60. The second kappa shape index (κ2) is 14.1. The number of nitrogens with zero attached hydrogens (tertiary/aromatic N) is 1. The smallest absolute Gasteiger partial charge is 0.145 e. The second-order valence-corrected chi connectivity index (χ2v) is 16.4. The molecule has 0 aliphatic heterocycles. The van der Waals surface area contributed by atoms with Crippen LogP contribution in [0.2, 0.25) is 0 Å². The summed E-state index contributed by atoms with van der Waals surface area (Å²) in [5.41, 5.74) is 13.2. The van der Waals surface area contributed by atoms with E-state index in [9.17, 15) is 0 Å². The summed E-state index contributed by atoms with van der Waals surface area (Å²) in [5.74, 6) is 0. The summed E-state index contributed by atoms with van der Waals surface area (Å²) in [5, 5.41) is 11.6. The molecule has 3 heteroatoms. The number of hydrogen-bond donors (Lipinski definition) is 0. The van der Waals surface area contributed by atoms with E-state index >= 15 is 0 Å². The van der Waals surface area contributed by atoms with Crippen LogP contribution in [-0.4, -0.2) is 0 Å². The van der Waals surface area contributed by atoms with E-state index in [1.54, 1.807) is 0 Å². The number of para-hydroxylation sites is 3. The van der Waals surface area contributed by atoms with E-state index < -0.39 is 0 Å². The van der Waals surface area contributed by atoms with Crippen molar-refractivity contribution >= 4 is 93.3 Å². The number of fused-ring (bicyclic) bond motifs is 10. The molecule has 294 valence electrons. The lowest BCUT2D eigenvalue weighted by Gasteiger charge is -2.27. The Labute approximate surface area is 363 Å². The molecule has 13 aromatic rings. The Morgan fingerprint density at radius 1 is 0.286 bits per heavy atom. The van der Waals surface area contributed by atoms with Crippen LogP contribution in [0.25, 0.3) is 110 Å². The molecule has 0 bridgehead atoms. The Hall–Kier alpha value is -8.40. The number of rotatable bonds is 6. The number of benzene rings is 11. The summed E-state index contributed by atoms with van der Waals surface area (Å²) in [4.78, 5) is 2.39. The van der Waals surface area contributed by atoms with Gasteiger partial charge in [-0.1, -0.05) is 182 Å². The van der Waals surface area contributed by atoms with Gasteiger partial charge < -0.3 is 13.7 Å². The van der Waals surface area contributed by atoms with Crippen LogP contribution in [0.15, 0.2) is 233 Å². The van der Waals surface area contributed by atoms with Crippen molar-refractivity contribution in [3.63, 3.8) is 0 Å². The van der Waals surface area contributed by atoms with Gasteiger partial charge in [-0.25, -0.2) is 0 Å². The fourth-order valence-electron chi connectivity index (χ4n) is 9.92. The van der Waals surface area contributed by atoms with Crippen LogP contribution < -0.4 is 4.90 Å². The summed E-state index contributed by atoms with van der Waals surface area (Å²) in [7, 11) is 0. The zero-order valence-corrected chi connectivity index (χ0v) is 34.1. The lowest BCUT2D eigenvalue weighted by atomic mass is 9.95. The molecule has 0 radical (unpaired) electrons. The summed E-state index contributed by atoms with van der Waals surface area (Å²) >= 11 is 0. The van der Waals surface area contributed by atoms with Crippen molar-refractivity contribution in [2.45, 2.75) is 0 Å². The van der Waals surface area contributed by atoms with Crippen LogP contribution in [0.3, 0.4) is 0 Å². The van der Waals surface area contributed by atoms with E-state index in [-0.39, 0.29) is 0 Å². The van der Waals surface area contributed by atoms with Gasteiger partial charge in [-0.3, -0.25) is 0 Å². The number of furan rings is 2. The van der Waals surface area contributed by atoms with E-state index in [0.717, 1.165) is 94.3 Å². The van der Waals surface area contributed by atoms with E-state index in [1.165, 1.54) is 32.3 Å². The molecule has 2 aromatic heterocycles. The average molecular weight is 804 g/mol. The predicted octanol–water partition coefficient (Wildman–Crippen LogP) is 17.4. The first kappa shape index (κ1) is 35.4. The maximum Gasteiger partial charge on any atom is 0.145 e. The SMILES string of the molecule is c1ccc(-c2cccc3c2oc2c(-c4ccc(N(c5ccc6c(ccc7ccccc76)c5)c5ccc(-c6cccc7ccccc67)c6oc7ccccc7c56)cc4)cccc23)cc1. The highest BCUT2D eigenvalue weighted by Gasteiger charge is 2.24. The van der Waals surface area contributed by atoms with Gasteiger partial charge in [0, 0.05) is 44.2 Å². The molecule has 0 unspecified atom stereocenters. The van der Waals surface area contributed by atoms with Gasteiger partial charge in [0.2, 0.25) is 0 Å². The van der Waals surface area contributed by atoms with Gasteiger partial charge in [0.05, 0.1) is 11.1 Å². The molecule has 13 rings (SSSR count). The predicted molar refractivity (Wildman–Crippen MR) is 265 cm³/mol. The highest BCUT2D eigenvalue weighted by molar-refractivity contribution is 6.19. The van der Waals surface area contributed by atoms with Crippen molar-refractivity contribution in [3.05, 3.63) is 224 Å². The van der Waals surface area contributed by atoms with Crippen LogP contribution in [0.1, 0.15) is 0 Å². The molecule has 3 nitrogen and oxygen atoms in total. The van der Waals surface area contributed by atoms with Crippen molar-refractivity contribution in [2.24, 2.45) is 0 Å². The van der Waals surface area contributed by atoms with Crippen molar-refractivity contribution in [3.8, 4) is 33.4 Å². The molecule has 0 saturated heterocycles. The van der Waals surface area contributed by atoms with Gasteiger partial charge >= 0.3 is 0 Å². The minimum Gasteiger partial charge on any atom is -0.455 e. The van der Waals surface area contributed by atoms with Crippen molar-refractivity contribution in [1.29, 1.82) is 0 Å². The largest absolute Gasteiger partial charge is 0.455 e. The maximum atomic E-state index is 6.91. The van der Waals surface area contributed by atoms with Gasteiger partial charge in [-0.15, -0.1) is 0 Å². The van der Waals surface area contributed by atoms with E-state index in [1.807, 2.05) is 6.07 Å². The normalized spacial score (nSPS) is 11.8. The van der Waals surface area contributed by atoms with Crippen LogP contribution in [-0.2, 0) is 0 Å². The zero-order valence-electron chi connectivity index (χ0n) is 34.1. The van der Waals surface area contributed by atoms with Crippen LogP contribution in [0, 0.1) is 0 Å². The Balaban J connectivity index is 1.02. The minimum atomic E-state index is 0.857. The molecule has 0 fully saturated rings. The third-order valence-electron chi connectivity index (χ3n) is 12.9. The molecule has 2 heterocycles. The molecule has 63 heavy (non-hydrogen) atoms. The average Bonchev–Trinajstić information content (AvgIpc) is 3.94. The van der Waals surface area contributed by atoms with Crippen molar-refractivity contribution in [2.75, 3.05) is 4.90 Å². The Bertz CT molecular complexity index is 3910. The van der Waals surface area contributed by atoms with Crippen molar-refractivity contribution < 1.29 is 8.83 Å². The minimum absolute atomic E-state index is 0.857. The molecular weight excluding hydrogens is 767 g/mol. The standard InChI is InChI=1S/C60H37NO2/c1-2-13-39(14-3-1)48-21-11-24-51-52-25-12-22-49(59(52)63-58(48)51)41-29-31-43(32-30-41)61(44-33-34-47-42(37-44)28-27-40-16-5-6-18-45(40)47)55-36-35-53(50-23-10-17-38-15-4-7-19-46(38)50)60-57(55)54-20-8-9-26-56(54)62-60/h1-37H. The highest BCUT2D eigenvalue weighted by atomic mass is 16.3. The molecule has 11 aromatic carbocycles. The van der Waals surface area contributed by atoms with E-state index in [4.69, 9.17) is 8.83 Å². The summed E-state index contributed by atoms with van der Waals surface area (Å²) in [6, 6.07) is 80.3.